The number of aromatic nitrogens is 2. The van der Waals surface area contributed by atoms with Crippen molar-refractivity contribution in [2.75, 3.05) is 0 Å². The molecule has 0 spiro atoms. The highest BCUT2D eigenvalue weighted by Gasteiger charge is 1.97. The number of nitrogens with zero attached hydrogens (tertiary/aromatic N) is 1. The molecule has 0 bridgehead atoms. The molecule has 15 heavy (non-hydrogen) atoms. The number of aryl methyl sites for hydroxylation is 3. The van der Waals surface area contributed by atoms with Gasteiger partial charge in [-0.05, 0) is 18.9 Å². The Bertz CT molecular complexity index is 496. The van der Waals surface area contributed by atoms with Crippen LogP contribution < -0.4 is 5.69 Å². The number of benzene rings is 1. The molecule has 1 aromatic carbocycles. The minimum Gasteiger partial charge on any atom is -0.313 e. The zero-order valence-electron chi connectivity index (χ0n) is 8.73. The first kappa shape index (κ1) is 9.77. The molecular weight excluding hydrogens is 188 g/mol. The summed E-state index contributed by atoms with van der Waals surface area (Å²) in [5, 5.41) is 0. The van der Waals surface area contributed by atoms with E-state index in [4.69, 9.17) is 0 Å². The fraction of sp³-hybridized carbons (Fsp3) is 0.250. The Morgan fingerprint density at radius 3 is 2.93 bits per heavy atom. The monoisotopic (exact) mass is 202 g/mol. The van der Waals surface area contributed by atoms with E-state index in [0.29, 0.717) is 0 Å². The van der Waals surface area contributed by atoms with Crippen LogP contribution in [0, 0.1) is 6.92 Å². The predicted octanol–water partition coefficient (Wildman–Crippen LogP) is 1.73. The molecule has 0 aliphatic heterocycles. The third-order valence-corrected chi connectivity index (χ3v) is 2.45. The second-order valence-corrected chi connectivity index (χ2v) is 3.70. The third kappa shape index (κ3) is 2.37. The van der Waals surface area contributed by atoms with Crippen molar-refractivity contribution in [3.05, 3.63) is 58.3 Å². The Kier molecular flexibility index (Phi) is 2.72. The van der Waals surface area contributed by atoms with Gasteiger partial charge in [0.1, 0.15) is 0 Å². The van der Waals surface area contributed by atoms with E-state index in [0.717, 1.165) is 13.0 Å². The minimum atomic E-state index is -0.0392. The smallest absolute Gasteiger partial charge is 0.313 e. The summed E-state index contributed by atoms with van der Waals surface area (Å²) in [5.41, 5.74) is 2.49. The fourth-order valence-corrected chi connectivity index (χ4v) is 1.64. The maximum Gasteiger partial charge on any atom is 0.325 e. The van der Waals surface area contributed by atoms with Gasteiger partial charge in [-0.25, -0.2) is 4.79 Å². The summed E-state index contributed by atoms with van der Waals surface area (Å²) in [4.78, 5) is 13.8. The lowest BCUT2D eigenvalue weighted by Gasteiger charge is -2.02. The molecule has 1 heterocycles. The number of aromatic amines is 1. The van der Waals surface area contributed by atoms with E-state index in [1.807, 2.05) is 6.07 Å². The van der Waals surface area contributed by atoms with Crippen molar-refractivity contribution in [2.45, 2.75) is 19.9 Å². The largest absolute Gasteiger partial charge is 0.325 e. The Morgan fingerprint density at radius 1 is 1.40 bits per heavy atom. The van der Waals surface area contributed by atoms with Crippen LogP contribution in [-0.4, -0.2) is 9.55 Å². The standard InChI is InChI=1S/C12H14N2O/c1-10-3-2-4-11(9-10)5-7-14-8-6-13-12(14)15/h2-4,6,8-9H,5,7H2,1H3,(H,13,15). The van der Waals surface area contributed by atoms with E-state index in [9.17, 15) is 4.79 Å². The fourth-order valence-electron chi connectivity index (χ4n) is 1.64. The van der Waals surface area contributed by atoms with E-state index < -0.39 is 0 Å². The maximum atomic E-state index is 11.2. The Balaban J connectivity index is 2.05. The molecule has 3 nitrogen and oxygen atoms in total. The van der Waals surface area contributed by atoms with Crippen LogP contribution in [0.25, 0.3) is 0 Å². The highest BCUT2D eigenvalue weighted by Crippen LogP contribution is 2.05. The first-order valence-electron chi connectivity index (χ1n) is 5.05. The highest BCUT2D eigenvalue weighted by atomic mass is 16.1. The molecular formula is C12H14N2O. The van der Waals surface area contributed by atoms with Gasteiger partial charge in [-0.3, -0.25) is 4.57 Å². The molecule has 0 saturated carbocycles. The summed E-state index contributed by atoms with van der Waals surface area (Å²) in [6.07, 6.45) is 4.33. The number of hydrogen-bond donors (Lipinski definition) is 1. The molecule has 0 unspecified atom stereocenters. The van der Waals surface area contributed by atoms with E-state index in [2.05, 4.69) is 30.1 Å². The van der Waals surface area contributed by atoms with Gasteiger partial charge < -0.3 is 4.98 Å². The summed E-state index contributed by atoms with van der Waals surface area (Å²) < 4.78 is 1.68. The molecule has 0 aliphatic carbocycles. The molecule has 1 aromatic heterocycles. The zero-order chi connectivity index (χ0) is 10.7. The van der Waals surface area contributed by atoms with Crippen molar-refractivity contribution in [3.63, 3.8) is 0 Å². The van der Waals surface area contributed by atoms with Crippen LogP contribution >= 0.6 is 0 Å². The zero-order valence-corrected chi connectivity index (χ0v) is 8.73. The average Bonchev–Trinajstić information content (AvgIpc) is 2.61. The number of hydrogen-bond acceptors (Lipinski definition) is 1. The molecule has 0 radical (unpaired) electrons. The van der Waals surface area contributed by atoms with E-state index in [1.165, 1.54) is 11.1 Å². The summed E-state index contributed by atoms with van der Waals surface area (Å²) in [5.74, 6) is 0. The molecule has 78 valence electrons. The van der Waals surface area contributed by atoms with Gasteiger partial charge in [-0.1, -0.05) is 29.8 Å². The summed E-state index contributed by atoms with van der Waals surface area (Å²) in [6, 6.07) is 8.36. The van der Waals surface area contributed by atoms with E-state index in [-0.39, 0.29) is 5.69 Å². The maximum absolute atomic E-state index is 11.2. The lowest BCUT2D eigenvalue weighted by atomic mass is 10.1. The summed E-state index contributed by atoms with van der Waals surface area (Å²) in [6.45, 7) is 2.80. The van der Waals surface area contributed by atoms with Crippen LogP contribution in [0.3, 0.4) is 0 Å². The van der Waals surface area contributed by atoms with Crippen molar-refractivity contribution in [2.24, 2.45) is 0 Å². The minimum absolute atomic E-state index is 0.0392. The second kappa shape index (κ2) is 4.17. The van der Waals surface area contributed by atoms with Crippen LogP contribution in [0.15, 0.2) is 41.5 Å². The van der Waals surface area contributed by atoms with Gasteiger partial charge in [0.25, 0.3) is 0 Å². The van der Waals surface area contributed by atoms with Gasteiger partial charge >= 0.3 is 5.69 Å². The van der Waals surface area contributed by atoms with E-state index in [1.54, 1.807) is 17.0 Å². The highest BCUT2D eigenvalue weighted by molar-refractivity contribution is 5.22. The molecule has 3 heteroatoms. The SMILES string of the molecule is Cc1cccc(CCn2cc[nH]c2=O)c1. The van der Waals surface area contributed by atoms with Crippen molar-refractivity contribution in [3.8, 4) is 0 Å². The number of nitrogens with one attached hydrogen (secondary N) is 1. The van der Waals surface area contributed by atoms with Gasteiger partial charge in [-0.2, -0.15) is 0 Å². The van der Waals surface area contributed by atoms with Crippen LogP contribution in [0.1, 0.15) is 11.1 Å². The Labute approximate surface area is 88.4 Å². The average molecular weight is 202 g/mol. The predicted molar refractivity (Wildman–Crippen MR) is 59.9 cm³/mol. The van der Waals surface area contributed by atoms with Crippen molar-refractivity contribution in [1.29, 1.82) is 0 Å². The number of rotatable bonds is 3. The van der Waals surface area contributed by atoms with Crippen LogP contribution in [0.5, 0.6) is 0 Å². The quantitative estimate of drug-likeness (QED) is 0.808. The van der Waals surface area contributed by atoms with Crippen molar-refractivity contribution >= 4 is 0 Å². The molecule has 2 rings (SSSR count). The Morgan fingerprint density at radius 2 is 2.27 bits per heavy atom. The first-order valence-corrected chi connectivity index (χ1v) is 5.05. The van der Waals surface area contributed by atoms with Crippen LogP contribution in [0.2, 0.25) is 0 Å². The van der Waals surface area contributed by atoms with Gasteiger partial charge in [0.05, 0.1) is 0 Å². The van der Waals surface area contributed by atoms with Gasteiger partial charge in [0, 0.05) is 18.9 Å². The molecule has 1 N–H and O–H groups in total. The summed E-state index contributed by atoms with van der Waals surface area (Å²) in [7, 11) is 0. The summed E-state index contributed by atoms with van der Waals surface area (Å²) >= 11 is 0. The molecule has 2 aromatic rings. The van der Waals surface area contributed by atoms with Crippen molar-refractivity contribution < 1.29 is 0 Å². The molecule has 0 amide bonds. The molecule has 0 fully saturated rings. The van der Waals surface area contributed by atoms with Crippen molar-refractivity contribution in [1.82, 2.24) is 9.55 Å². The molecule has 0 atom stereocenters. The lowest BCUT2D eigenvalue weighted by Crippen LogP contribution is -2.17. The van der Waals surface area contributed by atoms with Crippen LogP contribution in [-0.2, 0) is 13.0 Å². The topological polar surface area (TPSA) is 37.8 Å². The molecule has 0 aliphatic rings. The molecule has 0 saturated heterocycles. The number of imidazole rings is 1. The van der Waals surface area contributed by atoms with E-state index >= 15 is 0 Å². The normalized spacial score (nSPS) is 10.5. The Hall–Kier alpha value is -1.77. The first-order chi connectivity index (χ1) is 7.25. The number of H-pyrrole nitrogens is 1. The third-order valence-electron chi connectivity index (χ3n) is 2.45. The van der Waals surface area contributed by atoms with Crippen LogP contribution in [0.4, 0.5) is 0 Å². The lowest BCUT2D eigenvalue weighted by molar-refractivity contribution is 0.671. The van der Waals surface area contributed by atoms with Gasteiger partial charge in [0.15, 0.2) is 0 Å². The van der Waals surface area contributed by atoms with Gasteiger partial charge in [-0.15, -0.1) is 0 Å². The second-order valence-electron chi connectivity index (χ2n) is 3.70. The van der Waals surface area contributed by atoms with Gasteiger partial charge in [0.2, 0.25) is 0 Å².